The molecule has 1 saturated carbocycles. The molecule has 3 atom stereocenters. The summed E-state index contributed by atoms with van der Waals surface area (Å²) in [4.78, 5) is 0. The lowest BCUT2D eigenvalue weighted by Gasteiger charge is -2.33. The van der Waals surface area contributed by atoms with Crippen molar-refractivity contribution in [2.24, 2.45) is 11.8 Å². The molecule has 1 aromatic carbocycles. The van der Waals surface area contributed by atoms with Gasteiger partial charge in [-0.1, -0.05) is 24.3 Å². The fourth-order valence-corrected chi connectivity index (χ4v) is 6.49. The molecule has 1 N–H and O–H groups in total. The lowest BCUT2D eigenvalue weighted by molar-refractivity contribution is -0.136. The van der Waals surface area contributed by atoms with Gasteiger partial charge in [0.15, 0.2) is 0 Å². The molecule has 1 aliphatic heterocycles. The van der Waals surface area contributed by atoms with Crippen LogP contribution in [-0.4, -0.2) is 37.5 Å². The number of nitrogens with one attached hydrogen (secondary N) is 1. The quantitative estimate of drug-likeness (QED) is 0.835. The first-order chi connectivity index (χ1) is 11.2. The predicted molar refractivity (Wildman–Crippen MR) is 82.5 cm³/mol. The van der Waals surface area contributed by atoms with Gasteiger partial charge in [-0.3, -0.25) is 0 Å². The topological polar surface area (TPSA) is 49.4 Å². The van der Waals surface area contributed by atoms with E-state index in [4.69, 9.17) is 0 Å². The van der Waals surface area contributed by atoms with E-state index in [-0.39, 0.29) is 18.4 Å². The number of benzene rings is 1. The molecule has 1 saturated heterocycles. The lowest BCUT2D eigenvalue weighted by Crippen LogP contribution is -2.52. The van der Waals surface area contributed by atoms with Gasteiger partial charge >= 0.3 is 6.18 Å². The summed E-state index contributed by atoms with van der Waals surface area (Å²) in [5.41, 5.74) is 1.61. The van der Waals surface area contributed by atoms with Crippen LogP contribution in [0.2, 0.25) is 0 Å². The number of nitrogens with zero attached hydrogens (tertiary/aromatic N) is 1. The van der Waals surface area contributed by atoms with Gasteiger partial charge in [-0.15, -0.1) is 0 Å². The molecule has 132 valence electrons. The molecular formula is C16H19F3N2O2S. The van der Waals surface area contributed by atoms with Crippen LogP contribution in [0.25, 0.3) is 0 Å². The maximum Gasteiger partial charge on any atom is 0.402 e. The van der Waals surface area contributed by atoms with Gasteiger partial charge in [-0.25, -0.2) is 0 Å². The second-order valence-electron chi connectivity index (χ2n) is 7.18. The highest BCUT2D eigenvalue weighted by atomic mass is 32.2. The average molecular weight is 360 g/mol. The molecule has 0 aromatic heterocycles. The van der Waals surface area contributed by atoms with Crippen molar-refractivity contribution < 1.29 is 21.6 Å². The Hall–Kier alpha value is -1.12. The van der Waals surface area contributed by atoms with Gasteiger partial charge in [0.05, 0.1) is 5.54 Å². The molecule has 1 heterocycles. The first-order valence-corrected chi connectivity index (χ1v) is 9.56. The summed E-state index contributed by atoms with van der Waals surface area (Å²) in [5, 5.41) is 0. The molecule has 1 aromatic rings. The molecule has 24 heavy (non-hydrogen) atoms. The molecule has 0 radical (unpaired) electrons. The van der Waals surface area contributed by atoms with Crippen molar-refractivity contribution >= 4 is 10.2 Å². The normalized spacial score (nSPS) is 35.1. The minimum absolute atomic E-state index is 0.0409. The molecule has 2 bridgehead atoms. The predicted octanol–water partition coefficient (Wildman–Crippen LogP) is 2.26. The van der Waals surface area contributed by atoms with Crippen molar-refractivity contribution in [3.8, 4) is 0 Å². The molecule has 1 unspecified atom stereocenters. The number of rotatable bonds is 1. The summed E-state index contributed by atoms with van der Waals surface area (Å²) in [5.74, 6) is 0.0818. The third kappa shape index (κ3) is 2.55. The molecule has 8 heteroatoms. The van der Waals surface area contributed by atoms with Crippen LogP contribution in [0.3, 0.4) is 0 Å². The Balaban J connectivity index is 1.70. The minimum atomic E-state index is -4.53. The van der Waals surface area contributed by atoms with E-state index in [2.05, 4.69) is 4.72 Å². The number of fused-ring (bicyclic) bond motifs is 1. The molecule has 1 spiro atoms. The largest absolute Gasteiger partial charge is 0.402 e. The summed E-state index contributed by atoms with van der Waals surface area (Å²) in [6.07, 6.45) is -1.40. The van der Waals surface area contributed by atoms with Crippen LogP contribution in [0.5, 0.6) is 0 Å². The third-order valence-corrected chi connectivity index (χ3v) is 7.40. The Bertz CT molecular complexity index is 730. The summed E-state index contributed by atoms with van der Waals surface area (Å²) >= 11 is 0. The van der Waals surface area contributed by atoms with Crippen molar-refractivity contribution in [3.05, 3.63) is 35.4 Å². The summed E-state index contributed by atoms with van der Waals surface area (Å²) in [7, 11) is -4.09. The highest BCUT2D eigenvalue weighted by Crippen LogP contribution is 2.50. The zero-order valence-corrected chi connectivity index (χ0v) is 13.8. The minimum Gasteiger partial charge on any atom is -0.195 e. The van der Waals surface area contributed by atoms with Gasteiger partial charge in [0.25, 0.3) is 10.2 Å². The standard InChI is InChI=1S/C16H19F3N2O2S/c17-16(18,19)10-21-9-15(20-24(21,22)23)13-5-6-14(15)8-12-4-2-1-3-11(12)7-13/h1-4,13-14,20H,5-10H2/t13-,14+,15?. The lowest BCUT2D eigenvalue weighted by atomic mass is 9.79. The second kappa shape index (κ2) is 5.19. The van der Waals surface area contributed by atoms with Gasteiger partial charge in [0.2, 0.25) is 0 Å². The number of hydrogen-bond acceptors (Lipinski definition) is 2. The van der Waals surface area contributed by atoms with E-state index in [1.807, 2.05) is 24.3 Å². The maximum absolute atomic E-state index is 12.8. The SMILES string of the molecule is O=S1(=O)NC2(CN1CC(F)(F)F)[C@@H]1CC[C@H]2Cc2ccccc2C1. The van der Waals surface area contributed by atoms with E-state index >= 15 is 0 Å². The summed E-state index contributed by atoms with van der Waals surface area (Å²) in [6, 6.07) is 8.00. The van der Waals surface area contributed by atoms with Crippen molar-refractivity contribution in [2.45, 2.75) is 37.4 Å². The van der Waals surface area contributed by atoms with Crippen molar-refractivity contribution in [1.29, 1.82) is 0 Å². The zero-order chi connectivity index (χ0) is 17.2. The van der Waals surface area contributed by atoms with Crippen LogP contribution in [0.15, 0.2) is 24.3 Å². The molecule has 3 aliphatic rings. The van der Waals surface area contributed by atoms with Crippen molar-refractivity contribution in [1.82, 2.24) is 9.03 Å². The van der Waals surface area contributed by atoms with E-state index in [0.717, 1.165) is 25.7 Å². The third-order valence-electron chi connectivity index (χ3n) is 5.82. The summed E-state index contributed by atoms with van der Waals surface area (Å²) < 4.78 is 66.2. The van der Waals surface area contributed by atoms with Gasteiger partial charge in [0.1, 0.15) is 6.54 Å². The van der Waals surface area contributed by atoms with Gasteiger partial charge in [-0.05, 0) is 48.6 Å². The van der Waals surface area contributed by atoms with Crippen LogP contribution < -0.4 is 4.72 Å². The van der Waals surface area contributed by atoms with E-state index < -0.39 is 28.5 Å². The van der Waals surface area contributed by atoms with Gasteiger partial charge < -0.3 is 0 Å². The van der Waals surface area contributed by atoms with Crippen LogP contribution >= 0.6 is 0 Å². The van der Waals surface area contributed by atoms with Crippen LogP contribution in [0.1, 0.15) is 24.0 Å². The smallest absolute Gasteiger partial charge is 0.195 e. The molecule has 0 amide bonds. The van der Waals surface area contributed by atoms with Crippen molar-refractivity contribution in [3.63, 3.8) is 0 Å². The van der Waals surface area contributed by atoms with E-state index in [0.29, 0.717) is 4.31 Å². The van der Waals surface area contributed by atoms with E-state index in [1.165, 1.54) is 11.1 Å². The number of alkyl halides is 3. The molecule has 2 aliphatic carbocycles. The average Bonchev–Trinajstić information content (AvgIpc) is 2.83. The van der Waals surface area contributed by atoms with Crippen molar-refractivity contribution in [2.75, 3.05) is 13.1 Å². The fourth-order valence-electron chi connectivity index (χ4n) is 4.79. The Kier molecular flexibility index (Phi) is 3.54. The van der Waals surface area contributed by atoms with E-state index in [9.17, 15) is 21.6 Å². The van der Waals surface area contributed by atoms with Crippen LogP contribution in [0.4, 0.5) is 13.2 Å². The Morgan fingerprint density at radius 1 is 1.12 bits per heavy atom. The maximum atomic E-state index is 12.8. The molecule has 4 rings (SSSR count). The van der Waals surface area contributed by atoms with Crippen LogP contribution in [0, 0.1) is 11.8 Å². The van der Waals surface area contributed by atoms with Gasteiger partial charge in [0, 0.05) is 6.54 Å². The highest BCUT2D eigenvalue weighted by molar-refractivity contribution is 7.87. The first-order valence-electron chi connectivity index (χ1n) is 8.12. The second-order valence-corrected chi connectivity index (χ2v) is 8.85. The number of halogens is 3. The number of hydrogen-bond donors (Lipinski definition) is 1. The van der Waals surface area contributed by atoms with Crippen LogP contribution in [-0.2, 0) is 23.1 Å². The summed E-state index contributed by atoms with van der Waals surface area (Å²) in [6.45, 7) is -1.51. The Morgan fingerprint density at radius 3 is 2.17 bits per heavy atom. The Morgan fingerprint density at radius 2 is 1.67 bits per heavy atom. The molecular weight excluding hydrogens is 341 g/mol. The Labute approximate surface area is 139 Å². The first kappa shape index (κ1) is 16.4. The van der Waals surface area contributed by atoms with E-state index in [1.54, 1.807) is 0 Å². The monoisotopic (exact) mass is 360 g/mol. The fraction of sp³-hybridized carbons (Fsp3) is 0.625. The zero-order valence-electron chi connectivity index (χ0n) is 13.0. The molecule has 4 nitrogen and oxygen atoms in total. The highest BCUT2D eigenvalue weighted by Gasteiger charge is 2.60. The molecule has 2 fully saturated rings. The van der Waals surface area contributed by atoms with Gasteiger partial charge in [-0.2, -0.15) is 30.6 Å².